The Labute approximate surface area is 149 Å². The molecule has 6 N–H and O–H groups in total. The highest BCUT2D eigenvalue weighted by Crippen LogP contribution is 2.47. The lowest BCUT2D eigenvalue weighted by Crippen LogP contribution is -2.60. The van der Waals surface area contributed by atoms with Crippen molar-refractivity contribution in [2.45, 2.75) is 56.4 Å². The van der Waals surface area contributed by atoms with E-state index in [2.05, 4.69) is 0 Å². The molecule has 0 aromatic rings. The number of rotatable bonds is 4. The third-order valence-electron chi connectivity index (χ3n) is 5.58. The number of hydrogen-bond acceptors (Lipinski definition) is 9. The van der Waals surface area contributed by atoms with Gasteiger partial charge in [0.05, 0.1) is 24.5 Å². The van der Waals surface area contributed by atoms with Gasteiger partial charge < -0.3 is 44.8 Å². The van der Waals surface area contributed by atoms with Crippen molar-refractivity contribution in [1.29, 1.82) is 0 Å². The molecule has 10 heteroatoms. The summed E-state index contributed by atoms with van der Waals surface area (Å²) in [6.45, 7) is 1.15. The Bertz CT molecular complexity index is 563. The molecule has 1 saturated heterocycles. The fourth-order valence-electron chi connectivity index (χ4n) is 3.99. The first-order valence-electron chi connectivity index (χ1n) is 8.49. The standard InChI is InChI=1S/C16H24O10/c1-5-8(18)2-6-7(14(22)23)4-24-15(10(5)6)26-16-13(21)12(20)11(19)9(3-17)25-16/h4-6,8-13,15-21H,2-3H2,1H3,(H,22,23)/t5-,6-,8+,9+,10+,11+,12-,13+,15-,16-/m0/s1. The molecule has 3 rings (SSSR count). The second-order valence-corrected chi connectivity index (χ2v) is 7.06. The van der Waals surface area contributed by atoms with Crippen LogP contribution < -0.4 is 0 Å². The zero-order valence-corrected chi connectivity index (χ0v) is 14.1. The Kier molecular flexibility index (Phi) is 5.54. The smallest absolute Gasteiger partial charge is 0.334 e. The van der Waals surface area contributed by atoms with Crippen molar-refractivity contribution in [3.63, 3.8) is 0 Å². The second-order valence-electron chi connectivity index (χ2n) is 7.06. The molecule has 148 valence electrons. The second kappa shape index (κ2) is 7.39. The van der Waals surface area contributed by atoms with Crippen LogP contribution in [0.5, 0.6) is 0 Å². The van der Waals surface area contributed by atoms with Gasteiger partial charge in [-0.1, -0.05) is 6.92 Å². The molecule has 2 aliphatic heterocycles. The Morgan fingerprint density at radius 1 is 1.19 bits per heavy atom. The highest BCUT2D eigenvalue weighted by Gasteiger charge is 2.53. The molecule has 0 unspecified atom stereocenters. The molecular weight excluding hydrogens is 352 g/mol. The first-order valence-corrected chi connectivity index (χ1v) is 8.49. The van der Waals surface area contributed by atoms with Gasteiger partial charge >= 0.3 is 5.97 Å². The number of hydrogen-bond donors (Lipinski definition) is 6. The number of carboxylic acids is 1. The topological polar surface area (TPSA) is 166 Å². The van der Waals surface area contributed by atoms with E-state index in [0.29, 0.717) is 0 Å². The molecule has 0 radical (unpaired) electrons. The van der Waals surface area contributed by atoms with Gasteiger partial charge in [0.15, 0.2) is 6.29 Å². The lowest BCUT2D eigenvalue weighted by atomic mass is 9.83. The molecule has 0 aromatic heterocycles. The molecule has 0 aromatic carbocycles. The predicted octanol–water partition coefficient (Wildman–Crippen LogP) is -2.24. The number of aliphatic carboxylic acids is 1. The molecular formula is C16H24O10. The summed E-state index contributed by atoms with van der Waals surface area (Å²) in [4.78, 5) is 11.4. The van der Waals surface area contributed by atoms with E-state index in [1.165, 1.54) is 0 Å². The van der Waals surface area contributed by atoms with Crippen LogP contribution in [-0.4, -0.2) is 86.3 Å². The van der Waals surface area contributed by atoms with Crippen LogP contribution in [0.1, 0.15) is 13.3 Å². The fourth-order valence-corrected chi connectivity index (χ4v) is 3.99. The molecule has 10 atom stereocenters. The van der Waals surface area contributed by atoms with Crippen LogP contribution in [-0.2, 0) is 19.0 Å². The molecule has 2 fully saturated rings. The van der Waals surface area contributed by atoms with Crippen molar-refractivity contribution in [2.75, 3.05) is 6.61 Å². The lowest BCUT2D eigenvalue weighted by molar-refractivity contribution is -0.342. The minimum absolute atomic E-state index is 0.0343. The van der Waals surface area contributed by atoms with Crippen LogP contribution in [0.25, 0.3) is 0 Å². The number of aliphatic hydroxyl groups is 5. The van der Waals surface area contributed by atoms with E-state index in [0.717, 1.165) is 6.26 Å². The lowest BCUT2D eigenvalue weighted by Gasteiger charge is -2.43. The summed E-state index contributed by atoms with van der Waals surface area (Å²) < 4.78 is 16.3. The summed E-state index contributed by atoms with van der Waals surface area (Å²) >= 11 is 0. The first-order chi connectivity index (χ1) is 12.3. The van der Waals surface area contributed by atoms with E-state index in [1.807, 2.05) is 0 Å². The first kappa shape index (κ1) is 19.5. The van der Waals surface area contributed by atoms with Crippen LogP contribution in [0.3, 0.4) is 0 Å². The van der Waals surface area contributed by atoms with E-state index in [9.17, 15) is 35.4 Å². The molecule has 10 nitrogen and oxygen atoms in total. The predicted molar refractivity (Wildman–Crippen MR) is 82.2 cm³/mol. The fraction of sp³-hybridized carbons (Fsp3) is 0.812. The van der Waals surface area contributed by atoms with Crippen LogP contribution in [0.4, 0.5) is 0 Å². The number of aliphatic hydroxyl groups excluding tert-OH is 5. The minimum atomic E-state index is -1.60. The molecule has 2 heterocycles. The van der Waals surface area contributed by atoms with Crippen molar-refractivity contribution in [3.05, 3.63) is 11.8 Å². The Balaban J connectivity index is 1.79. The van der Waals surface area contributed by atoms with Gasteiger partial charge in [-0.3, -0.25) is 0 Å². The van der Waals surface area contributed by atoms with Crippen molar-refractivity contribution in [2.24, 2.45) is 17.8 Å². The van der Waals surface area contributed by atoms with Crippen LogP contribution in [0, 0.1) is 17.8 Å². The zero-order chi connectivity index (χ0) is 19.2. The van der Waals surface area contributed by atoms with Crippen LogP contribution >= 0.6 is 0 Å². The van der Waals surface area contributed by atoms with Gasteiger partial charge in [0.25, 0.3) is 0 Å². The van der Waals surface area contributed by atoms with E-state index >= 15 is 0 Å². The van der Waals surface area contributed by atoms with E-state index < -0.39 is 67.5 Å². The summed E-state index contributed by atoms with van der Waals surface area (Å²) in [6, 6.07) is 0. The Hall–Kier alpha value is -1.27. The molecule has 26 heavy (non-hydrogen) atoms. The van der Waals surface area contributed by atoms with E-state index in [4.69, 9.17) is 14.2 Å². The summed E-state index contributed by atoms with van der Waals surface area (Å²) in [5.41, 5.74) is 0.0343. The molecule has 0 bridgehead atoms. The molecule has 3 aliphatic rings. The quantitative estimate of drug-likeness (QED) is 0.316. The number of carboxylic acid groups (broad SMARTS) is 1. The summed E-state index contributed by atoms with van der Waals surface area (Å²) in [6.07, 6.45) is -7.71. The summed E-state index contributed by atoms with van der Waals surface area (Å²) in [5.74, 6) is -2.49. The van der Waals surface area contributed by atoms with Gasteiger partial charge in [-0.05, 0) is 12.3 Å². The van der Waals surface area contributed by atoms with E-state index in [-0.39, 0.29) is 17.9 Å². The molecule has 1 saturated carbocycles. The SMILES string of the molecule is C[C@@H]1[C@H]2[C@H](O[C@@H]3O[C@H](CO)[C@@H](O)[C@H](O)[C@H]3O)OC=C(C(=O)O)[C@@H]2C[C@H]1O. The zero-order valence-electron chi connectivity index (χ0n) is 14.1. The highest BCUT2D eigenvalue weighted by molar-refractivity contribution is 5.87. The van der Waals surface area contributed by atoms with Crippen LogP contribution in [0.2, 0.25) is 0 Å². The van der Waals surface area contributed by atoms with Crippen LogP contribution in [0.15, 0.2) is 11.8 Å². The average Bonchev–Trinajstić information content (AvgIpc) is 2.90. The van der Waals surface area contributed by atoms with Crippen molar-refractivity contribution < 1.29 is 49.6 Å². The maximum Gasteiger partial charge on any atom is 0.334 e. The molecule has 0 amide bonds. The largest absolute Gasteiger partial charge is 0.478 e. The monoisotopic (exact) mass is 376 g/mol. The van der Waals surface area contributed by atoms with Gasteiger partial charge in [-0.2, -0.15) is 0 Å². The Morgan fingerprint density at radius 3 is 2.50 bits per heavy atom. The third-order valence-corrected chi connectivity index (χ3v) is 5.58. The Morgan fingerprint density at radius 2 is 1.88 bits per heavy atom. The minimum Gasteiger partial charge on any atom is -0.478 e. The van der Waals surface area contributed by atoms with Gasteiger partial charge in [0, 0.05) is 11.8 Å². The molecule has 0 spiro atoms. The average molecular weight is 376 g/mol. The third kappa shape index (κ3) is 3.22. The van der Waals surface area contributed by atoms with Gasteiger partial charge in [0.2, 0.25) is 6.29 Å². The molecule has 1 aliphatic carbocycles. The van der Waals surface area contributed by atoms with Gasteiger partial charge in [-0.25, -0.2) is 4.79 Å². The number of ether oxygens (including phenoxy) is 3. The maximum absolute atomic E-state index is 11.4. The van der Waals surface area contributed by atoms with Crippen molar-refractivity contribution >= 4 is 5.97 Å². The summed E-state index contributed by atoms with van der Waals surface area (Å²) in [7, 11) is 0. The van der Waals surface area contributed by atoms with Crippen molar-refractivity contribution in [1.82, 2.24) is 0 Å². The van der Waals surface area contributed by atoms with Gasteiger partial charge in [0.1, 0.15) is 24.4 Å². The van der Waals surface area contributed by atoms with Gasteiger partial charge in [-0.15, -0.1) is 0 Å². The highest BCUT2D eigenvalue weighted by atomic mass is 16.8. The van der Waals surface area contributed by atoms with E-state index in [1.54, 1.807) is 6.92 Å². The maximum atomic E-state index is 11.4. The normalized spacial score (nSPS) is 48.5. The van der Waals surface area contributed by atoms with Crippen molar-refractivity contribution in [3.8, 4) is 0 Å². The number of fused-ring (bicyclic) bond motifs is 1. The number of carbonyl (C=O) groups is 1. The summed E-state index contributed by atoms with van der Waals surface area (Å²) in [5, 5.41) is 58.5.